The molecule has 2 aromatic heterocycles. The van der Waals surface area contributed by atoms with Crippen LogP contribution in [0.3, 0.4) is 0 Å². The van der Waals surface area contributed by atoms with Crippen molar-refractivity contribution >= 4 is 23.4 Å². The molecule has 0 spiro atoms. The third kappa shape index (κ3) is 5.18. The highest BCUT2D eigenvalue weighted by Gasteiger charge is 2.35. The topological polar surface area (TPSA) is 121 Å². The minimum atomic E-state index is -4.66. The maximum atomic E-state index is 13.5. The summed E-state index contributed by atoms with van der Waals surface area (Å²) in [7, 11) is 1.44. The van der Waals surface area contributed by atoms with Gasteiger partial charge in [-0.2, -0.15) is 18.2 Å². The fourth-order valence-electron chi connectivity index (χ4n) is 3.58. The number of ether oxygens (including phenoxy) is 1. The van der Waals surface area contributed by atoms with Crippen LogP contribution in [0.4, 0.5) is 30.6 Å². The number of aryl methyl sites for hydroxylation is 1. The number of alkyl halides is 3. The van der Waals surface area contributed by atoms with Crippen molar-refractivity contribution < 1.29 is 22.7 Å². The molecule has 34 heavy (non-hydrogen) atoms. The molecule has 1 aromatic carbocycles. The lowest BCUT2D eigenvalue weighted by Crippen LogP contribution is -2.27. The molecule has 0 unspecified atom stereocenters. The van der Waals surface area contributed by atoms with Crippen LogP contribution >= 0.6 is 0 Å². The standard InChI is InChI=1S/C21H23F3N8O2/c1-12-27-17(31-30-12)11-25-18-14(21(22,23)24)10-26-20(29-18)28-15-6-5-13(9-16(15)34-2)19(33)32-7-3-4-8-32/h5-6,9-10H,3-4,7-8,11H2,1-2H3,(H,27,30,31)(H2,25,26,28,29). The molecule has 4 rings (SSSR count). The minimum absolute atomic E-state index is 0.0446. The molecule has 1 fully saturated rings. The zero-order valence-corrected chi connectivity index (χ0v) is 18.5. The third-order valence-electron chi connectivity index (χ3n) is 5.25. The number of halogens is 3. The molecule has 0 aliphatic carbocycles. The second kappa shape index (κ2) is 9.53. The van der Waals surface area contributed by atoms with E-state index in [1.54, 1.807) is 30.0 Å². The van der Waals surface area contributed by atoms with E-state index in [1.165, 1.54) is 7.11 Å². The molecule has 1 saturated heterocycles. The molecule has 13 heteroatoms. The quantitative estimate of drug-likeness (QED) is 0.474. The fourth-order valence-corrected chi connectivity index (χ4v) is 3.58. The lowest BCUT2D eigenvalue weighted by Gasteiger charge is -2.17. The Balaban J connectivity index is 1.57. The number of hydrogen-bond donors (Lipinski definition) is 3. The summed E-state index contributed by atoms with van der Waals surface area (Å²) in [4.78, 5) is 25.1. The first-order valence-corrected chi connectivity index (χ1v) is 10.5. The second-order valence-corrected chi connectivity index (χ2v) is 7.70. The van der Waals surface area contributed by atoms with Crippen molar-refractivity contribution in [1.82, 2.24) is 30.0 Å². The molecule has 0 saturated carbocycles. The summed E-state index contributed by atoms with van der Waals surface area (Å²) in [5.41, 5.74) is -0.160. The number of aromatic nitrogens is 5. The number of carbonyl (C=O) groups excluding carboxylic acids is 1. The lowest BCUT2D eigenvalue weighted by molar-refractivity contribution is -0.137. The number of amides is 1. The Labute approximate surface area is 193 Å². The molecular formula is C21H23F3N8O2. The average molecular weight is 476 g/mol. The lowest BCUT2D eigenvalue weighted by atomic mass is 10.1. The predicted molar refractivity (Wildman–Crippen MR) is 117 cm³/mol. The monoisotopic (exact) mass is 476 g/mol. The Bertz CT molecular complexity index is 1180. The number of carbonyl (C=O) groups is 1. The molecule has 3 N–H and O–H groups in total. The van der Waals surface area contributed by atoms with Crippen molar-refractivity contribution in [2.75, 3.05) is 30.8 Å². The first kappa shape index (κ1) is 23.3. The van der Waals surface area contributed by atoms with E-state index in [9.17, 15) is 18.0 Å². The van der Waals surface area contributed by atoms with Crippen molar-refractivity contribution in [2.45, 2.75) is 32.5 Å². The molecular weight excluding hydrogens is 453 g/mol. The SMILES string of the molecule is COc1cc(C(=O)N2CCCC2)ccc1Nc1ncc(C(F)(F)F)c(NCc2nnc(C)[nH]2)n1. The molecule has 1 aliphatic rings. The summed E-state index contributed by atoms with van der Waals surface area (Å²) < 4.78 is 45.8. The van der Waals surface area contributed by atoms with E-state index >= 15 is 0 Å². The van der Waals surface area contributed by atoms with E-state index in [1.807, 2.05) is 0 Å². The zero-order valence-electron chi connectivity index (χ0n) is 18.5. The molecule has 1 aliphatic heterocycles. The third-order valence-corrected chi connectivity index (χ3v) is 5.25. The minimum Gasteiger partial charge on any atom is -0.495 e. The number of anilines is 3. The smallest absolute Gasteiger partial charge is 0.421 e. The van der Waals surface area contributed by atoms with Gasteiger partial charge in [0, 0.05) is 24.8 Å². The van der Waals surface area contributed by atoms with E-state index in [-0.39, 0.29) is 18.4 Å². The molecule has 0 bridgehead atoms. The highest BCUT2D eigenvalue weighted by molar-refractivity contribution is 5.95. The zero-order chi connectivity index (χ0) is 24.3. The number of aromatic amines is 1. The van der Waals surface area contributed by atoms with E-state index in [2.05, 4.69) is 35.8 Å². The largest absolute Gasteiger partial charge is 0.495 e. The Hall–Kier alpha value is -3.90. The van der Waals surface area contributed by atoms with Crippen LogP contribution in [-0.2, 0) is 12.7 Å². The Kier molecular flexibility index (Phi) is 6.52. The average Bonchev–Trinajstić information content (AvgIpc) is 3.49. The predicted octanol–water partition coefficient (Wildman–Crippen LogP) is 3.52. The van der Waals surface area contributed by atoms with Gasteiger partial charge in [-0.3, -0.25) is 4.79 Å². The maximum absolute atomic E-state index is 13.5. The van der Waals surface area contributed by atoms with Crippen LogP contribution < -0.4 is 15.4 Å². The fraction of sp³-hybridized carbons (Fsp3) is 0.381. The van der Waals surface area contributed by atoms with E-state index in [0.717, 1.165) is 12.8 Å². The van der Waals surface area contributed by atoms with Crippen LogP contribution in [0.2, 0.25) is 0 Å². The normalized spacial score (nSPS) is 13.7. The van der Waals surface area contributed by atoms with Gasteiger partial charge in [0.15, 0.2) is 0 Å². The van der Waals surface area contributed by atoms with Gasteiger partial charge in [-0.1, -0.05) is 0 Å². The highest BCUT2D eigenvalue weighted by Crippen LogP contribution is 2.35. The van der Waals surface area contributed by atoms with Crippen LogP contribution in [0.25, 0.3) is 0 Å². The summed E-state index contributed by atoms with van der Waals surface area (Å²) in [6.07, 6.45) is -2.02. The number of methoxy groups -OCH3 is 1. The van der Waals surface area contributed by atoms with Gasteiger partial charge in [0.05, 0.1) is 19.3 Å². The van der Waals surface area contributed by atoms with Gasteiger partial charge in [-0.05, 0) is 38.0 Å². The van der Waals surface area contributed by atoms with Gasteiger partial charge in [-0.25, -0.2) is 4.98 Å². The number of rotatable bonds is 7. The van der Waals surface area contributed by atoms with Gasteiger partial charge in [0.2, 0.25) is 5.95 Å². The van der Waals surface area contributed by atoms with Crippen molar-refractivity contribution in [3.8, 4) is 5.75 Å². The molecule has 180 valence electrons. The van der Waals surface area contributed by atoms with Gasteiger partial charge in [0.25, 0.3) is 5.91 Å². The summed E-state index contributed by atoms with van der Waals surface area (Å²) >= 11 is 0. The van der Waals surface area contributed by atoms with Gasteiger partial charge in [0.1, 0.15) is 28.8 Å². The molecule has 0 radical (unpaired) electrons. The summed E-state index contributed by atoms with van der Waals surface area (Å²) in [5.74, 6) is 0.637. The van der Waals surface area contributed by atoms with E-state index in [4.69, 9.17) is 4.74 Å². The molecule has 1 amide bonds. The number of hydrogen-bond acceptors (Lipinski definition) is 8. The van der Waals surface area contributed by atoms with E-state index < -0.39 is 17.6 Å². The summed E-state index contributed by atoms with van der Waals surface area (Å²) in [5, 5.41) is 13.1. The number of nitrogens with one attached hydrogen (secondary N) is 3. The van der Waals surface area contributed by atoms with Gasteiger partial charge >= 0.3 is 6.18 Å². The van der Waals surface area contributed by atoms with E-state index in [0.29, 0.717) is 47.9 Å². The van der Waals surface area contributed by atoms with Crippen LogP contribution in [0.15, 0.2) is 24.4 Å². The van der Waals surface area contributed by atoms with Crippen molar-refractivity contribution in [2.24, 2.45) is 0 Å². The van der Waals surface area contributed by atoms with Gasteiger partial charge < -0.3 is 25.3 Å². The Morgan fingerprint density at radius 1 is 1.24 bits per heavy atom. The summed E-state index contributed by atoms with van der Waals surface area (Å²) in [6.45, 7) is 3.06. The molecule has 10 nitrogen and oxygen atoms in total. The number of nitrogens with zero attached hydrogens (tertiary/aromatic N) is 5. The second-order valence-electron chi connectivity index (χ2n) is 7.70. The van der Waals surface area contributed by atoms with Crippen molar-refractivity contribution in [3.63, 3.8) is 0 Å². The van der Waals surface area contributed by atoms with Crippen LogP contribution in [0.5, 0.6) is 5.75 Å². The van der Waals surface area contributed by atoms with Crippen molar-refractivity contribution in [3.05, 3.63) is 47.2 Å². The Morgan fingerprint density at radius 2 is 2.00 bits per heavy atom. The molecule has 0 atom stereocenters. The van der Waals surface area contributed by atoms with Crippen LogP contribution in [-0.4, -0.2) is 56.2 Å². The van der Waals surface area contributed by atoms with Crippen LogP contribution in [0.1, 0.15) is 40.4 Å². The maximum Gasteiger partial charge on any atom is 0.421 e. The van der Waals surface area contributed by atoms with Gasteiger partial charge in [-0.15, -0.1) is 10.2 Å². The van der Waals surface area contributed by atoms with Crippen molar-refractivity contribution in [1.29, 1.82) is 0 Å². The van der Waals surface area contributed by atoms with Crippen LogP contribution in [0, 0.1) is 6.92 Å². The number of benzene rings is 1. The number of H-pyrrole nitrogens is 1. The Morgan fingerprint density at radius 3 is 2.65 bits per heavy atom. The molecule has 3 heterocycles. The highest BCUT2D eigenvalue weighted by atomic mass is 19.4. The summed E-state index contributed by atoms with van der Waals surface area (Å²) in [6, 6.07) is 4.81. The first-order valence-electron chi connectivity index (χ1n) is 10.5. The number of likely N-dealkylation sites (tertiary alicyclic amines) is 1. The first-order chi connectivity index (χ1) is 16.2. The molecule has 3 aromatic rings.